The van der Waals surface area contributed by atoms with Crippen molar-refractivity contribution in [3.8, 4) is 5.75 Å². The number of alkyl halides is 2. The summed E-state index contributed by atoms with van der Waals surface area (Å²) in [6.07, 6.45) is 9.70. The molecule has 1 N–H and O–H groups in total. The molecule has 1 saturated heterocycles. The van der Waals surface area contributed by atoms with Gasteiger partial charge in [0.25, 0.3) is 0 Å². The molecule has 0 amide bonds. The number of pyridine rings is 2. The molecule has 2 fully saturated rings. The van der Waals surface area contributed by atoms with Crippen molar-refractivity contribution in [2.45, 2.75) is 73.4 Å². The number of aromatic nitrogens is 2. The molecule has 2 aliphatic heterocycles. The van der Waals surface area contributed by atoms with E-state index < -0.39 is 9.72 Å². The molecule has 7 nitrogen and oxygen atoms in total. The molecule has 206 valence electrons. The minimum Gasteiger partial charge on any atom is -0.496 e. The molecule has 2 aromatic rings. The number of hydrogen-bond acceptors (Lipinski definition) is 7. The minimum atomic E-state index is -1.33. The summed E-state index contributed by atoms with van der Waals surface area (Å²) >= 11 is 3.67. The highest BCUT2D eigenvalue weighted by atomic mass is 127. The zero-order chi connectivity index (χ0) is 26.7. The van der Waals surface area contributed by atoms with Crippen molar-refractivity contribution < 1.29 is 17.0 Å². The van der Waals surface area contributed by atoms with Crippen LogP contribution in [0.15, 0.2) is 24.4 Å². The van der Waals surface area contributed by atoms with E-state index in [-0.39, 0.29) is 11.9 Å². The maximum absolute atomic E-state index is 16.0. The topological polar surface area (TPSA) is 76.6 Å². The van der Waals surface area contributed by atoms with E-state index >= 15 is 4.39 Å². The molecule has 0 bridgehead atoms. The SMILES string of the molecule is COc1cc(CCCCC(F)(I)[C@@H]2CCN(C(C(=O)OI)c3cccnc3C3CC3)C2)nc2c1CCCN2. The largest absolute Gasteiger partial charge is 0.496 e. The predicted molar refractivity (Wildman–Crippen MR) is 162 cm³/mol. The molecule has 0 aromatic carbocycles. The molecule has 0 radical (unpaired) electrons. The number of carbonyl (C=O) groups is 1. The molecule has 3 atom stereocenters. The van der Waals surface area contributed by atoms with Crippen LogP contribution in [-0.4, -0.2) is 51.3 Å². The van der Waals surface area contributed by atoms with Crippen molar-refractivity contribution >= 4 is 57.4 Å². The van der Waals surface area contributed by atoms with Crippen LogP contribution in [0.5, 0.6) is 5.75 Å². The summed E-state index contributed by atoms with van der Waals surface area (Å²) in [5, 5.41) is 3.39. The number of likely N-dealkylation sites (tertiary alicyclic amines) is 1. The number of rotatable bonds is 11. The first-order valence-electron chi connectivity index (χ1n) is 13.6. The molecule has 5 rings (SSSR count). The number of methoxy groups -OCH3 is 1. The van der Waals surface area contributed by atoms with Gasteiger partial charge in [0.2, 0.25) is 0 Å². The molecule has 4 heterocycles. The van der Waals surface area contributed by atoms with E-state index in [4.69, 9.17) is 12.8 Å². The smallest absolute Gasteiger partial charge is 0.337 e. The maximum atomic E-state index is 16.0. The van der Waals surface area contributed by atoms with Gasteiger partial charge in [0.1, 0.15) is 17.6 Å². The van der Waals surface area contributed by atoms with Gasteiger partial charge in [-0.25, -0.2) is 14.2 Å². The second-order valence-electron chi connectivity index (χ2n) is 10.7. The van der Waals surface area contributed by atoms with E-state index in [2.05, 4.69) is 15.2 Å². The Balaban J connectivity index is 1.18. The van der Waals surface area contributed by atoms with Crippen LogP contribution < -0.4 is 10.1 Å². The molecule has 2 unspecified atom stereocenters. The van der Waals surface area contributed by atoms with Crippen LogP contribution >= 0.6 is 45.6 Å². The monoisotopic (exact) mass is 748 g/mol. The number of carbonyl (C=O) groups excluding carboxylic acids is 1. The maximum Gasteiger partial charge on any atom is 0.337 e. The highest BCUT2D eigenvalue weighted by Gasteiger charge is 2.45. The third-order valence-corrected chi connectivity index (χ3v) is 9.91. The Morgan fingerprint density at radius 2 is 2.18 bits per heavy atom. The van der Waals surface area contributed by atoms with Crippen molar-refractivity contribution in [2.24, 2.45) is 5.92 Å². The zero-order valence-electron chi connectivity index (χ0n) is 21.7. The Bertz CT molecular complexity index is 1130. The number of halogens is 3. The van der Waals surface area contributed by atoms with Gasteiger partial charge in [-0.1, -0.05) is 6.07 Å². The van der Waals surface area contributed by atoms with Crippen LogP contribution in [0.2, 0.25) is 0 Å². The van der Waals surface area contributed by atoms with Gasteiger partial charge in [-0.15, -0.1) is 0 Å². The summed E-state index contributed by atoms with van der Waals surface area (Å²) in [6.45, 7) is 2.13. The zero-order valence-corrected chi connectivity index (χ0v) is 26.0. The molecule has 38 heavy (non-hydrogen) atoms. The lowest BCUT2D eigenvalue weighted by atomic mass is 9.97. The van der Waals surface area contributed by atoms with E-state index in [1.807, 2.05) is 40.8 Å². The fourth-order valence-corrected chi connectivity index (χ4v) is 7.01. The summed E-state index contributed by atoms with van der Waals surface area (Å²) in [6, 6.07) is 5.36. The number of aryl methyl sites for hydroxylation is 1. The number of anilines is 1. The Morgan fingerprint density at radius 3 is 2.95 bits per heavy atom. The fourth-order valence-electron chi connectivity index (χ4n) is 5.88. The fraction of sp³-hybridized carbons (Fsp3) is 0.607. The standard InChI is InChI=1S/C28H35FI2N4O3/c1-37-23-16-20(34-26-21(23)7-4-14-33-26)6-2-3-12-28(29,30)19-11-15-35(17-19)25(27(36)38-31)22-8-5-13-32-24(22)18-9-10-18/h5,8,13,16,18-19,25H,2-4,6-7,9-12,14-15,17H2,1H3,(H,33,34)/t19-,25?,28?/m1/s1. The van der Waals surface area contributed by atoms with Crippen molar-refractivity contribution in [3.05, 3.63) is 46.9 Å². The number of nitrogens with one attached hydrogen (secondary N) is 1. The second-order valence-corrected chi connectivity index (χ2v) is 12.9. The Morgan fingerprint density at radius 1 is 1.34 bits per heavy atom. The van der Waals surface area contributed by atoms with Crippen molar-refractivity contribution in [2.75, 3.05) is 32.1 Å². The highest BCUT2D eigenvalue weighted by Crippen LogP contribution is 2.46. The molecule has 10 heteroatoms. The second kappa shape index (κ2) is 12.5. The average molecular weight is 748 g/mol. The predicted octanol–water partition coefficient (Wildman–Crippen LogP) is 6.49. The van der Waals surface area contributed by atoms with Gasteiger partial charge in [0.15, 0.2) is 26.7 Å². The Kier molecular flexibility index (Phi) is 9.29. The summed E-state index contributed by atoms with van der Waals surface area (Å²) in [4.78, 5) is 24.4. The van der Waals surface area contributed by atoms with Gasteiger partial charge >= 0.3 is 5.97 Å². The summed E-state index contributed by atoms with van der Waals surface area (Å²) in [5.41, 5.74) is 4.05. The summed E-state index contributed by atoms with van der Waals surface area (Å²) in [7, 11) is 1.71. The third kappa shape index (κ3) is 6.37. The van der Waals surface area contributed by atoms with Gasteiger partial charge in [0.05, 0.1) is 7.11 Å². The van der Waals surface area contributed by atoms with Crippen LogP contribution in [0.4, 0.5) is 10.2 Å². The number of fused-ring (bicyclic) bond motifs is 1. The van der Waals surface area contributed by atoms with Gasteiger partial charge in [-0.05, 0) is 93.0 Å². The minimum absolute atomic E-state index is 0.139. The Hall–Kier alpha value is -1.28. The molecule has 3 aliphatic rings. The summed E-state index contributed by atoms with van der Waals surface area (Å²) < 4.78 is 25.4. The van der Waals surface area contributed by atoms with Crippen molar-refractivity contribution in [1.29, 1.82) is 0 Å². The van der Waals surface area contributed by atoms with E-state index in [1.165, 1.54) is 0 Å². The Labute approximate surface area is 251 Å². The quantitative estimate of drug-likeness (QED) is 0.160. The number of ether oxygens (including phenoxy) is 1. The summed E-state index contributed by atoms with van der Waals surface area (Å²) in [5.74, 6) is 1.80. The first kappa shape index (κ1) is 28.3. The number of unbranched alkanes of at least 4 members (excludes halogenated alkanes) is 1. The molecule has 1 aliphatic carbocycles. The van der Waals surface area contributed by atoms with Gasteiger partial charge in [-0.3, -0.25) is 9.88 Å². The first-order valence-corrected chi connectivity index (χ1v) is 15.6. The first-order chi connectivity index (χ1) is 18.4. The van der Waals surface area contributed by atoms with Crippen molar-refractivity contribution in [3.63, 3.8) is 0 Å². The van der Waals surface area contributed by atoms with Gasteiger partial charge in [0, 0.05) is 59.7 Å². The van der Waals surface area contributed by atoms with Crippen LogP contribution in [0.1, 0.15) is 79.4 Å². The van der Waals surface area contributed by atoms with E-state index in [9.17, 15) is 4.79 Å². The lowest BCUT2D eigenvalue weighted by Gasteiger charge is -2.29. The lowest BCUT2D eigenvalue weighted by molar-refractivity contribution is -0.137. The van der Waals surface area contributed by atoms with E-state index in [1.54, 1.807) is 36.3 Å². The lowest BCUT2D eigenvalue weighted by Crippen LogP contribution is -2.36. The van der Waals surface area contributed by atoms with Crippen molar-refractivity contribution in [1.82, 2.24) is 14.9 Å². The van der Waals surface area contributed by atoms with E-state index in [0.29, 0.717) is 25.4 Å². The molecule has 1 saturated carbocycles. The average Bonchev–Trinajstić information content (AvgIpc) is 3.67. The van der Waals surface area contributed by atoms with Gasteiger partial charge < -0.3 is 13.1 Å². The van der Waals surface area contributed by atoms with Crippen LogP contribution in [-0.2, 0) is 20.7 Å². The molecular formula is C28H35FI2N4O3. The molecule has 2 aromatic heterocycles. The van der Waals surface area contributed by atoms with Crippen LogP contribution in [0, 0.1) is 5.92 Å². The number of hydrogen-bond donors (Lipinski definition) is 1. The molecular weight excluding hydrogens is 713 g/mol. The number of nitrogens with zero attached hydrogens (tertiary/aromatic N) is 3. The highest BCUT2D eigenvalue weighted by molar-refractivity contribution is 14.1. The van der Waals surface area contributed by atoms with E-state index in [0.717, 1.165) is 92.0 Å². The van der Waals surface area contributed by atoms with Crippen LogP contribution in [0.3, 0.4) is 0 Å². The third-order valence-electron chi connectivity index (χ3n) is 8.06. The molecule has 0 spiro atoms. The van der Waals surface area contributed by atoms with Crippen LogP contribution in [0.25, 0.3) is 0 Å². The van der Waals surface area contributed by atoms with Gasteiger partial charge in [-0.2, -0.15) is 0 Å². The normalized spacial score (nSPS) is 21.7.